The standard InChI is InChI=1S/C22H29N5O5/c1-2-3-4-9-31-15-7-5-14(6-8-15)10-23-20-17-21(25-12-24-20)27(13-26-17)22-19(30)18(29)16(11-28)32-22/h5-8,12-13,16,18-19,22,28-30H,2-4,9-11H2,1H3,(H,23,24,25)/t16-,18-,19-,22?/m1/s1. The molecule has 10 heteroatoms. The molecule has 4 rings (SSSR count). The highest BCUT2D eigenvalue weighted by Gasteiger charge is 2.44. The minimum atomic E-state index is -1.21. The summed E-state index contributed by atoms with van der Waals surface area (Å²) in [6.07, 6.45) is 2.09. The molecule has 4 N–H and O–H groups in total. The average Bonchev–Trinajstić information content (AvgIpc) is 3.37. The van der Waals surface area contributed by atoms with E-state index >= 15 is 0 Å². The van der Waals surface area contributed by atoms with Gasteiger partial charge in [-0.25, -0.2) is 15.0 Å². The molecule has 0 spiro atoms. The van der Waals surface area contributed by atoms with Gasteiger partial charge in [0.05, 0.1) is 19.5 Å². The second-order valence-electron chi connectivity index (χ2n) is 7.83. The van der Waals surface area contributed by atoms with Crippen molar-refractivity contribution in [2.24, 2.45) is 0 Å². The first-order chi connectivity index (χ1) is 15.6. The molecule has 0 radical (unpaired) electrons. The quantitative estimate of drug-likeness (QED) is 0.345. The van der Waals surface area contributed by atoms with Crippen molar-refractivity contribution in [3.05, 3.63) is 42.5 Å². The number of rotatable bonds is 10. The van der Waals surface area contributed by atoms with Crippen LogP contribution in [0.3, 0.4) is 0 Å². The predicted octanol–water partition coefficient (Wildman–Crippen LogP) is 1.62. The van der Waals surface area contributed by atoms with E-state index in [1.807, 2.05) is 24.3 Å². The summed E-state index contributed by atoms with van der Waals surface area (Å²) >= 11 is 0. The summed E-state index contributed by atoms with van der Waals surface area (Å²) in [7, 11) is 0. The Balaban J connectivity index is 1.42. The average molecular weight is 444 g/mol. The zero-order valence-corrected chi connectivity index (χ0v) is 18.0. The van der Waals surface area contributed by atoms with E-state index in [0.29, 0.717) is 23.5 Å². The van der Waals surface area contributed by atoms with Gasteiger partial charge in [0.1, 0.15) is 30.4 Å². The Kier molecular flexibility index (Phi) is 7.15. The Morgan fingerprint density at radius 2 is 1.91 bits per heavy atom. The van der Waals surface area contributed by atoms with Crippen molar-refractivity contribution in [2.75, 3.05) is 18.5 Å². The number of nitrogens with zero attached hydrogens (tertiary/aromatic N) is 4. The largest absolute Gasteiger partial charge is 0.494 e. The predicted molar refractivity (Wildman–Crippen MR) is 117 cm³/mol. The third-order valence-electron chi connectivity index (χ3n) is 5.55. The van der Waals surface area contributed by atoms with Gasteiger partial charge in [-0.2, -0.15) is 0 Å². The molecule has 10 nitrogen and oxygen atoms in total. The van der Waals surface area contributed by atoms with Crippen molar-refractivity contribution in [3.8, 4) is 5.75 Å². The van der Waals surface area contributed by atoms with Crippen molar-refractivity contribution in [3.63, 3.8) is 0 Å². The van der Waals surface area contributed by atoms with Crippen LogP contribution >= 0.6 is 0 Å². The molecule has 0 amide bonds. The molecule has 2 aromatic heterocycles. The molecular formula is C22H29N5O5. The SMILES string of the molecule is CCCCCOc1ccc(CNc2ncnc3c2ncn3C2O[C@H](CO)[C@@H](O)[C@H]2O)cc1. The van der Waals surface area contributed by atoms with Crippen LogP contribution in [-0.2, 0) is 11.3 Å². The Morgan fingerprint density at radius 3 is 2.62 bits per heavy atom. The lowest BCUT2D eigenvalue weighted by molar-refractivity contribution is -0.0511. The van der Waals surface area contributed by atoms with Crippen molar-refractivity contribution < 1.29 is 24.8 Å². The fourth-order valence-corrected chi connectivity index (χ4v) is 3.71. The summed E-state index contributed by atoms with van der Waals surface area (Å²) in [4.78, 5) is 12.9. The smallest absolute Gasteiger partial charge is 0.167 e. The maximum atomic E-state index is 10.3. The van der Waals surface area contributed by atoms with Gasteiger partial charge >= 0.3 is 0 Å². The van der Waals surface area contributed by atoms with E-state index in [9.17, 15) is 15.3 Å². The monoisotopic (exact) mass is 443 g/mol. The van der Waals surface area contributed by atoms with Crippen LogP contribution < -0.4 is 10.1 Å². The molecule has 172 valence electrons. The van der Waals surface area contributed by atoms with Crippen LogP contribution in [0.4, 0.5) is 5.82 Å². The van der Waals surface area contributed by atoms with Crippen LogP contribution in [-0.4, -0.2) is 66.4 Å². The van der Waals surface area contributed by atoms with Crippen molar-refractivity contribution in [2.45, 2.75) is 57.3 Å². The van der Waals surface area contributed by atoms with E-state index in [1.165, 1.54) is 30.1 Å². The molecule has 3 heterocycles. The van der Waals surface area contributed by atoms with Crippen LogP contribution in [0.15, 0.2) is 36.9 Å². The summed E-state index contributed by atoms with van der Waals surface area (Å²) in [6, 6.07) is 7.90. The number of benzene rings is 1. The number of aliphatic hydroxyl groups is 3. The molecule has 1 aromatic carbocycles. The number of ether oxygens (including phenoxy) is 2. The third kappa shape index (κ3) is 4.68. The highest BCUT2D eigenvalue weighted by atomic mass is 16.6. The Labute approximate surface area is 185 Å². The topological polar surface area (TPSA) is 135 Å². The van der Waals surface area contributed by atoms with Crippen molar-refractivity contribution in [1.82, 2.24) is 19.5 Å². The zero-order valence-electron chi connectivity index (χ0n) is 18.0. The molecule has 1 fully saturated rings. The first kappa shape index (κ1) is 22.4. The van der Waals surface area contributed by atoms with Crippen LogP contribution in [0.5, 0.6) is 5.75 Å². The van der Waals surface area contributed by atoms with Gasteiger partial charge in [0.15, 0.2) is 23.2 Å². The van der Waals surface area contributed by atoms with Gasteiger partial charge in [-0.3, -0.25) is 4.57 Å². The summed E-state index contributed by atoms with van der Waals surface area (Å²) in [5.41, 5.74) is 2.02. The van der Waals surface area contributed by atoms with Gasteiger partial charge in [0.25, 0.3) is 0 Å². The molecule has 1 saturated heterocycles. The lowest BCUT2D eigenvalue weighted by Gasteiger charge is -2.16. The van der Waals surface area contributed by atoms with E-state index in [1.54, 1.807) is 0 Å². The number of nitrogens with one attached hydrogen (secondary N) is 1. The molecule has 32 heavy (non-hydrogen) atoms. The Morgan fingerprint density at radius 1 is 1.09 bits per heavy atom. The molecule has 1 aliphatic heterocycles. The second kappa shape index (κ2) is 10.2. The first-order valence-electron chi connectivity index (χ1n) is 10.9. The van der Waals surface area contributed by atoms with Gasteiger partial charge in [0, 0.05) is 6.54 Å². The van der Waals surface area contributed by atoms with E-state index in [0.717, 1.165) is 24.3 Å². The molecule has 1 unspecified atom stereocenters. The lowest BCUT2D eigenvalue weighted by Crippen LogP contribution is -2.33. The fourth-order valence-electron chi connectivity index (χ4n) is 3.71. The molecule has 0 aliphatic carbocycles. The van der Waals surface area contributed by atoms with E-state index in [-0.39, 0.29) is 0 Å². The number of fused-ring (bicyclic) bond motifs is 1. The van der Waals surface area contributed by atoms with E-state index in [4.69, 9.17) is 9.47 Å². The van der Waals surface area contributed by atoms with Gasteiger partial charge in [-0.15, -0.1) is 0 Å². The molecule has 0 bridgehead atoms. The van der Waals surface area contributed by atoms with Gasteiger partial charge < -0.3 is 30.1 Å². The van der Waals surface area contributed by atoms with Crippen molar-refractivity contribution in [1.29, 1.82) is 0 Å². The molecule has 0 saturated carbocycles. The molecule has 4 atom stereocenters. The first-order valence-corrected chi connectivity index (χ1v) is 10.9. The molecular weight excluding hydrogens is 414 g/mol. The summed E-state index contributed by atoms with van der Waals surface area (Å²) < 4.78 is 12.9. The van der Waals surface area contributed by atoms with E-state index < -0.39 is 31.1 Å². The maximum Gasteiger partial charge on any atom is 0.167 e. The fraction of sp³-hybridized carbons (Fsp3) is 0.500. The van der Waals surface area contributed by atoms with Crippen LogP contribution in [0.1, 0.15) is 38.0 Å². The molecule has 1 aliphatic rings. The molecule has 3 aromatic rings. The Bertz CT molecular complexity index is 1010. The number of anilines is 1. The van der Waals surface area contributed by atoms with E-state index in [2.05, 4.69) is 27.2 Å². The summed E-state index contributed by atoms with van der Waals surface area (Å²) in [6.45, 7) is 3.03. The zero-order chi connectivity index (χ0) is 22.5. The number of unbranched alkanes of at least 4 members (excludes halogenated alkanes) is 2. The van der Waals surface area contributed by atoms with Crippen molar-refractivity contribution >= 4 is 17.0 Å². The number of hydrogen-bond donors (Lipinski definition) is 4. The Hall–Kier alpha value is -2.79. The minimum Gasteiger partial charge on any atom is -0.494 e. The van der Waals surface area contributed by atoms with Gasteiger partial charge in [-0.05, 0) is 24.1 Å². The van der Waals surface area contributed by atoms with Crippen LogP contribution in [0.25, 0.3) is 11.2 Å². The van der Waals surface area contributed by atoms with Gasteiger partial charge in [-0.1, -0.05) is 31.9 Å². The number of hydrogen-bond acceptors (Lipinski definition) is 9. The lowest BCUT2D eigenvalue weighted by atomic mass is 10.1. The number of imidazole rings is 1. The van der Waals surface area contributed by atoms with Crippen LogP contribution in [0.2, 0.25) is 0 Å². The van der Waals surface area contributed by atoms with Gasteiger partial charge in [0.2, 0.25) is 0 Å². The number of aliphatic hydroxyl groups excluding tert-OH is 3. The second-order valence-corrected chi connectivity index (χ2v) is 7.83. The third-order valence-corrected chi connectivity index (χ3v) is 5.55. The summed E-state index contributed by atoms with van der Waals surface area (Å²) in [5, 5.41) is 32.9. The normalized spacial score (nSPS) is 23.0. The highest BCUT2D eigenvalue weighted by molar-refractivity contribution is 5.82. The minimum absolute atomic E-state index is 0.397. The highest BCUT2D eigenvalue weighted by Crippen LogP contribution is 2.32. The maximum absolute atomic E-state index is 10.3. The number of aromatic nitrogens is 4. The van der Waals surface area contributed by atoms with Crippen LogP contribution in [0, 0.1) is 0 Å². The summed E-state index contributed by atoms with van der Waals surface area (Å²) in [5.74, 6) is 1.40.